The zero-order valence-electron chi connectivity index (χ0n) is 16.6. The summed E-state index contributed by atoms with van der Waals surface area (Å²) in [7, 11) is 1.56. The van der Waals surface area contributed by atoms with Gasteiger partial charge in [0.2, 0.25) is 0 Å². The number of hydrogen-bond donors (Lipinski definition) is 1. The van der Waals surface area contributed by atoms with E-state index < -0.39 is 0 Å². The van der Waals surface area contributed by atoms with Crippen molar-refractivity contribution in [3.8, 4) is 22.7 Å². The van der Waals surface area contributed by atoms with Crippen LogP contribution in [0.4, 0.5) is 5.69 Å². The molecule has 3 heterocycles. The highest BCUT2D eigenvalue weighted by Crippen LogP contribution is 2.30. The fourth-order valence-electron chi connectivity index (χ4n) is 3.28. The summed E-state index contributed by atoms with van der Waals surface area (Å²) in [6, 6.07) is 20.8. The first-order valence-electron chi connectivity index (χ1n) is 9.62. The molecule has 0 radical (unpaired) electrons. The van der Waals surface area contributed by atoms with Crippen LogP contribution in [0.2, 0.25) is 0 Å². The van der Waals surface area contributed by atoms with Crippen molar-refractivity contribution in [3.63, 3.8) is 0 Å². The minimum atomic E-state index is -0.382. The van der Waals surface area contributed by atoms with Gasteiger partial charge in [0.05, 0.1) is 30.4 Å². The molecule has 8 heteroatoms. The quantitative estimate of drug-likeness (QED) is 0.476. The van der Waals surface area contributed by atoms with E-state index in [1.54, 1.807) is 13.2 Å². The second-order valence-corrected chi connectivity index (χ2v) is 6.82. The third kappa shape index (κ3) is 3.62. The molecule has 0 atom stereocenters. The molecule has 5 aromatic rings. The normalized spacial score (nSPS) is 10.9. The summed E-state index contributed by atoms with van der Waals surface area (Å²) >= 11 is 0. The molecule has 31 heavy (non-hydrogen) atoms. The molecule has 5 rings (SSSR count). The number of ether oxygens (including phenoxy) is 1. The molecule has 0 aliphatic heterocycles. The lowest BCUT2D eigenvalue weighted by molar-refractivity contribution is 0.102. The first kappa shape index (κ1) is 18.6. The van der Waals surface area contributed by atoms with Crippen LogP contribution >= 0.6 is 0 Å². The summed E-state index contributed by atoms with van der Waals surface area (Å²) in [6.45, 7) is 0. The van der Waals surface area contributed by atoms with Crippen LogP contribution in [-0.2, 0) is 0 Å². The monoisotopic (exact) mass is 410 g/mol. The Morgan fingerprint density at radius 3 is 2.68 bits per heavy atom. The maximum atomic E-state index is 12.8. The van der Waals surface area contributed by atoms with E-state index in [4.69, 9.17) is 4.74 Å². The number of nitrogens with one attached hydrogen (secondary N) is 1. The highest BCUT2D eigenvalue weighted by molar-refractivity contribution is 6.03. The van der Waals surface area contributed by atoms with Gasteiger partial charge in [0.15, 0.2) is 5.69 Å². The average molecular weight is 410 g/mol. The first-order valence-corrected chi connectivity index (χ1v) is 9.62. The van der Waals surface area contributed by atoms with Crippen molar-refractivity contribution in [1.29, 1.82) is 0 Å². The molecular formula is C23H18N6O2. The second-order valence-electron chi connectivity index (χ2n) is 6.82. The Morgan fingerprint density at radius 2 is 1.87 bits per heavy atom. The molecule has 1 N–H and O–H groups in total. The maximum absolute atomic E-state index is 12.8. The Labute approximate surface area is 177 Å². The lowest BCUT2D eigenvalue weighted by Gasteiger charge is -2.10. The number of imidazole rings is 1. The van der Waals surface area contributed by atoms with Crippen LogP contribution in [0.1, 0.15) is 10.5 Å². The third-order valence-corrected chi connectivity index (χ3v) is 4.82. The number of para-hydroxylation sites is 1. The average Bonchev–Trinajstić information content (AvgIpc) is 3.47. The summed E-state index contributed by atoms with van der Waals surface area (Å²) in [5.74, 6) is 0.156. The first-order chi connectivity index (χ1) is 15.2. The highest BCUT2D eigenvalue weighted by atomic mass is 16.5. The number of nitrogens with zero attached hydrogens (tertiary/aromatic N) is 5. The fraction of sp³-hybridized carbons (Fsp3) is 0.0435. The molecule has 8 nitrogen and oxygen atoms in total. The van der Waals surface area contributed by atoms with Gasteiger partial charge in [0.25, 0.3) is 5.91 Å². The van der Waals surface area contributed by atoms with E-state index in [0.717, 1.165) is 22.6 Å². The zero-order valence-corrected chi connectivity index (χ0v) is 16.6. The molecule has 3 aromatic heterocycles. The molecule has 0 fully saturated rings. The predicted molar refractivity (Wildman–Crippen MR) is 116 cm³/mol. The topological polar surface area (TPSA) is 86.3 Å². The molecule has 0 saturated carbocycles. The van der Waals surface area contributed by atoms with E-state index in [1.807, 2.05) is 77.5 Å². The second kappa shape index (κ2) is 7.75. The van der Waals surface area contributed by atoms with Gasteiger partial charge in [-0.1, -0.05) is 24.3 Å². The van der Waals surface area contributed by atoms with Crippen LogP contribution in [0, 0.1) is 0 Å². The summed E-state index contributed by atoms with van der Waals surface area (Å²) in [5.41, 5.74) is 3.98. The summed E-state index contributed by atoms with van der Waals surface area (Å²) in [6.07, 6.45) is 5.31. The van der Waals surface area contributed by atoms with Crippen molar-refractivity contribution in [2.45, 2.75) is 0 Å². The fourth-order valence-corrected chi connectivity index (χ4v) is 3.28. The number of pyridine rings is 1. The van der Waals surface area contributed by atoms with Crippen molar-refractivity contribution >= 4 is 17.2 Å². The molecular weight excluding hydrogens is 392 g/mol. The highest BCUT2D eigenvalue weighted by Gasteiger charge is 2.16. The number of anilines is 1. The van der Waals surface area contributed by atoms with Crippen LogP contribution < -0.4 is 10.1 Å². The molecule has 0 spiro atoms. The van der Waals surface area contributed by atoms with Gasteiger partial charge in [0.1, 0.15) is 11.4 Å². The van der Waals surface area contributed by atoms with Gasteiger partial charge in [-0.05, 0) is 42.5 Å². The van der Waals surface area contributed by atoms with Crippen molar-refractivity contribution in [1.82, 2.24) is 24.4 Å². The van der Waals surface area contributed by atoms with E-state index in [9.17, 15) is 4.79 Å². The van der Waals surface area contributed by atoms with Gasteiger partial charge in [-0.3, -0.25) is 4.79 Å². The largest absolute Gasteiger partial charge is 0.495 e. The zero-order chi connectivity index (χ0) is 21.2. The number of hydrogen-bond acceptors (Lipinski definition) is 5. The molecule has 0 bridgehead atoms. The SMILES string of the molecule is COc1ccc(-c2cn3ccccc3n2)cc1NC(=O)c1cnn(-c2ccccc2)n1. The van der Waals surface area contributed by atoms with E-state index >= 15 is 0 Å². The van der Waals surface area contributed by atoms with Gasteiger partial charge >= 0.3 is 0 Å². The van der Waals surface area contributed by atoms with E-state index in [0.29, 0.717) is 11.4 Å². The number of rotatable bonds is 5. The van der Waals surface area contributed by atoms with Gasteiger partial charge in [-0.2, -0.15) is 9.90 Å². The number of amides is 1. The Bertz CT molecular complexity index is 1340. The van der Waals surface area contributed by atoms with Crippen molar-refractivity contribution in [3.05, 3.63) is 91.0 Å². The van der Waals surface area contributed by atoms with Crippen molar-refractivity contribution in [2.75, 3.05) is 12.4 Å². The Morgan fingerprint density at radius 1 is 1.03 bits per heavy atom. The van der Waals surface area contributed by atoms with Crippen LogP contribution in [0.15, 0.2) is 85.3 Å². The summed E-state index contributed by atoms with van der Waals surface area (Å²) in [4.78, 5) is 18.9. The number of carbonyl (C=O) groups is 1. The minimum absolute atomic E-state index is 0.198. The smallest absolute Gasteiger partial charge is 0.277 e. The van der Waals surface area contributed by atoms with Crippen molar-refractivity contribution in [2.24, 2.45) is 0 Å². The van der Waals surface area contributed by atoms with E-state index in [1.165, 1.54) is 11.0 Å². The summed E-state index contributed by atoms with van der Waals surface area (Å²) in [5, 5.41) is 11.3. The Hall–Kier alpha value is -4.46. The molecule has 0 aliphatic rings. The van der Waals surface area contributed by atoms with Crippen molar-refractivity contribution < 1.29 is 9.53 Å². The number of methoxy groups -OCH3 is 1. The molecule has 1 amide bonds. The lowest BCUT2D eigenvalue weighted by Crippen LogP contribution is -2.14. The van der Waals surface area contributed by atoms with Crippen LogP contribution in [0.5, 0.6) is 5.75 Å². The van der Waals surface area contributed by atoms with Crippen LogP contribution in [-0.4, -0.2) is 37.4 Å². The molecule has 152 valence electrons. The Balaban J connectivity index is 1.43. The molecule has 2 aromatic carbocycles. The third-order valence-electron chi connectivity index (χ3n) is 4.82. The number of benzene rings is 2. The standard InChI is InChI=1S/C23H18N6O2/c1-31-21-11-10-16(20-15-28-12-6-5-9-22(28)25-20)13-18(21)26-23(30)19-14-24-29(27-19)17-7-3-2-4-8-17/h2-15H,1H3,(H,26,30). The van der Waals surface area contributed by atoms with Gasteiger partial charge in [-0.25, -0.2) is 4.98 Å². The van der Waals surface area contributed by atoms with E-state index in [-0.39, 0.29) is 11.6 Å². The van der Waals surface area contributed by atoms with Gasteiger partial charge in [-0.15, -0.1) is 5.10 Å². The summed E-state index contributed by atoms with van der Waals surface area (Å²) < 4.78 is 7.37. The number of fused-ring (bicyclic) bond motifs is 1. The number of carbonyl (C=O) groups excluding carboxylic acids is 1. The van der Waals surface area contributed by atoms with Gasteiger partial charge < -0.3 is 14.5 Å². The minimum Gasteiger partial charge on any atom is -0.495 e. The molecule has 0 aliphatic carbocycles. The maximum Gasteiger partial charge on any atom is 0.277 e. The molecule has 0 saturated heterocycles. The Kier molecular flexibility index (Phi) is 4.64. The van der Waals surface area contributed by atoms with Gasteiger partial charge in [0, 0.05) is 18.0 Å². The van der Waals surface area contributed by atoms with Crippen LogP contribution in [0.3, 0.4) is 0 Å². The lowest BCUT2D eigenvalue weighted by atomic mass is 10.1. The van der Waals surface area contributed by atoms with Crippen LogP contribution in [0.25, 0.3) is 22.6 Å². The number of aromatic nitrogens is 5. The molecule has 0 unspecified atom stereocenters. The van der Waals surface area contributed by atoms with E-state index in [2.05, 4.69) is 20.5 Å². The predicted octanol–water partition coefficient (Wildman–Crippen LogP) is 3.84.